The van der Waals surface area contributed by atoms with Crippen molar-refractivity contribution in [2.45, 2.75) is 20.0 Å². The van der Waals surface area contributed by atoms with E-state index < -0.39 is 5.74 Å². The summed E-state index contributed by atoms with van der Waals surface area (Å²) < 4.78 is 6.27. The van der Waals surface area contributed by atoms with E-state index >= 15 is 0 Å². The molecule has 0 spiro atoms. The summed E-state index contributed by atoms with van der Waals surface area (Å²) in [7, 11) is 0. The zero-order valence-electron chi connectivity index (χ0n) is 10.6. The van der Waals surface area contributed by atoms with Crippen LogP contribution < -0.4 is 10.6 Å². The van der Waals surface area contributed by atoms with Crippen LogP contribution in [-0.2, 0) is 4.52 Å². The molecule has 0 saturated heterocycles. The van der Waals surface area contributed by atoms with E-state index in [1.165, 1.54) is 10.6 Å². The van der Waals surface area contributed by atoms with E-state index in [1.54, 1.807) is 0 Å². The van der Waals surface area contributed by atoms with Crippen molar-refractivity contribution in [2.75, 3.05) is 0 Å². The van der Waals surface area contributed by atoms with Gasteiger partial charge in [-0.25, -0.2) is 0 Å². The molecule has 0 N–H and O–H groups in total. The van der Waals surface area contributed by atoms with Crippen molar-refractivity contribution in [3.8, 4) is 0 Å². The van der Waals surface area contributed by atoms with E-state index in [-0.39, 0.29) is 6.10 Å². The molecule has 18 heavy (non-hydrogen) atoms. The van der Waals surface area contributed by atoms with Crippen LogP contribution in [0.15, 0.2) is 60.7 Å². The van der Waals surface area contributed by atoms with Crippen LogP contribution in [0, 0.1) is 0 Å². The SMILES string of the molecule is CC(C)OP(=[Se])(c1ccccc1)c1ccccc1. The summed E-state index contributed by atoms with van der Waals surface area (Å²) in [6, 6.07) is 20.9. The fraction of sp³-hybridized carbons (Fsp3) is 0.200. The first kappa shape index (κ1) is 13.8. The average molecular weight is 323 g/mol. The van der Waals surface area contributed by atoms with Crippen LogP contribution in [0.2, 0.25) is 0 Å². The fourth-order valence-electron chi connectivity index (χ4n) is 1.82. The molecule has 0 aliphatic carbocycles. The van der Waals surface area contributed by atoms with Crippen molar-refractivity contribution in [3.05, 3.63) is 60.7 Å². The van der Waals surface area contributed by atoms with E-state index in [9.17, 15) is 0 Å². The molecule has 2 aromatic rings. The third-order valence-corrected chi connectivity index (χ3v) is 8.42. The molecule has 94 valence electrons. The van der Waals surface area contributed by atoms with Crippen molar-refractivity contribution >= 4 is 31.4 Å². The van der Waals surface area contributed by atoms with Crippen molar-refractivity contribution in [1.29, 1.82) is 0 Å². The predicted molar refractivity (Wildman–Crippen MR) is 81.0 cm³/mol. The van der Waals surface area contributed by atoms with Crippen LogP contribution in [0.1, 0.15) is 13.8 Å². The minimum atomic E-state index is -1.86. The zero-order valence-corrected chi connectivity index (χ0v) is 13.2. The van der Waals surface area contributed by atoms with Gasteiger partial charge in [-0.05, 0) is 0 Å². The molecule has 0 unspecified atom stereocenters. The number of hydrogen-bond donors (Lipinski definition) is 0. The van der Waals surface area contributed by atoms with E-state index in [2.05, 4.69) is 77.5 Å². The van der Waals surface area contributed by atoms with Gasteiger partial charge in [0, 0.05) is 0 Å². The molecular formula is C15H17OPSe. The molecule has 0 aliphatic heterocycles. The van der Waals surface area contributed by atoms with Crippen LogP contribution in [0.25, 0.3) is 0 Å². The normalized spacial score (nSPS) is 11.7. The molecule has 0 fully saturated rings. The Hall–Kier alpha value is -0.651. The minimum absolute atomic E-state index is 0.194. The Morgan fingerprint density at radius 2 is 1.22 bits per heavy atom. The van der Waals surface area contributed by atoms with E-state index in [1.807, 2.05) is 12.1 Å². The van der Waals surface area contributed by atoms with Crippen LogP contribution >= 0.6 is 5.74 Å². The second kappa shape index (κ2) is 5.99. The Bertz CT molecular complexity index is 493. The number of rotatable bonds is 4. The van der Waals surface area contributed by atoms with Gasteiger partial charge in [0.05, 0.1) is 0 Å². The average Bonchev–Trinajstić information content (AvgIpc) is 2.40. The van der Waals surface area contributed by atoms with Gasteiger partial charge >= 0.3 is 117 Å². The van der Waals surface area contributed by atoms with E-state index in [0.717, 1.165) is 0 Å². The second-order valence-electron chi connectivity index (χ2n) is 4.38. The summed E-state index contributed by atoms with van der Waals surface area (Å²) in [5, 5.41) is 2.48. The molecule has 0 saturated carbocycles. The molecule has 0 heterocycles. The van der Waals surface area contributed by atoms with Crippen molar-refractivity contribution in [2.24, 2.45) is 0 Å². The summed E-state index contributed by atoms with van der Waals surface area (Å²) in [5.74, 6) is 0. The molecule has 0 bridgehead atoms. The van der Waals surface area contributed by atoms with Crippen LogP contribution in [-0.4, -0.2) is 21.2 Å². The summed E-state index contributed by atoms with van der Waals surface area (Å²) in [4.78, 5) is 0. The molecule has 0 radical (unpaired) electrons. The summed E-state index contributed by atoms with van der Waals surface area (Å²) in [6.45, 7) is 4.16. The van der Waals surface area contributed by atoms with Gasteiger partial charge in [-0.2, -0.15) is 0 Å². The Kier molecular flexibility index (Phi) is 4.59. The van der Waals surface area contributed by atoms with Crippen molar-refractivity contribution in [1.82, 2.24) is 0 Å². The zero-order chi connectivity index (χ0) is 13.0. The maximum atomic E-state index is 6.27. The summed E-state index contributed by atoms with van der Waals surface area (Å²) in [6.07, 6.45) is 0.194. The third kappa shape index (κ3) is 3.02. The topological polar surface area (TPSA) is 9.23 Å². The predicted octanol–water partition coefficient (Wildman–Crippen LogP) is 3.08. The van der Waals surface area contributed by atoms with Gasteiger partial charge in [-0.3, -0.25) is 0 Å². The van der Waals surface area contributed by atoms with E-state index in [0.29, 0.717) is 0 Å². The third-order valence-electron chi connectivity index (χ3n) is 2.55. The second-order valence-corrected chi connectivity index (χ2v) is 9.96. The number of hydrogen-bond acceptors (Lipinski definition) is 1. The first-order valence-corrected chi connectivity index (χ1v) is 9.95. The molecule has 3 heteroatoms. The molecule has 2 rings (SSSR count). The van der Waals surface area contributed by atoms with Crippen molar-refractivity contribution in [3.63, 3.8) is 0 Å². The standard InChI is InChI=1S/C15H17OPSe/c1-13(2)16-17(18,14-9-5-3-6-10-14)15-11-7-4-8-12-15/h3-13H,1-2H3. The Labute approximate surface area is 116 Å². The van der Waals surface area contributed by atoms with Gasteiger partial charge in [0.15, 0.2) is 0 Å². The molecule has 0 aliphatic rings. The monoisotopic (exact) mass is 324 g/mol. The van der Waals surface area contributed by atoms with Crippen LogP contribution in [0.5, 0.6) is 0 Å². The molecular weight excluding hydrogens is 306 g/mol. The summed E-state index contributed by atoms with van der Waals surface area (Å²) in [5.41, 5.74) is -1.86. The van der Waals surface area contributed by atoms with Gasteiger partial charge < -0.3 is 0 Å². The van der Waals surface area contributed by atoms with Crippen LogP contribution in [0.3, 0.4) is 0 Å². The Morgan fingerprint density at radius 3 is 1.56 bits per heavy atom. The van der Waals surface area contributed by atoms with Gasteiger partial charge in [0.2, 0.25) is 0 Å². The first-order chi connectivity index (χ1) is 8.63. The summed E-state index contributed by atoms with van der Waals surface area (Å²) >= 11 is 3.34. The quantitative estimate of drug-likeness (QED) is 0.621. The number of benzene rings is 2. The molecule has 2 aromatic carbocycles. The van der Waals surface area contributed by atoms with Gasteiger partial charge in [-0.1, -0.05) is 0 Å². The maximum absolute atomic E-state index is 6.27. The molecule has 0 aromatic heterocycles. The fourth-order valence-corrected chi connectivity index (χ4v) is 6.70. The van der Waals surface area contributed by atoms with Crippen molar-refractivity contribution < 1.29 is 4.52 Å². The molecule has 1 nitrogen and oxygen atoms in total. The van der Waals surface area contributed by atoms with Gasteiger partial charge in [0.1, 0.15) is 0 Å². The Morgan fingerprint density at radius 1 is 0.833 bits per heavy atom. The van der Waals surface area contributed by atoms with Gasteiger partial charge in [-0.15, -0.1) is 0 Å². The first-order valence-electron chi connectivity index (χ1n) is 6.02. The molecule has 0 atom stereocenters. The van der Waals surface area contributed by atoms with Crippen LogP contribution in [0.4, 0.5) is 0 Å². The van der Waals surface area contributed by atoms with Gasteiger partial charge in [0.25, 0.3) is 0 Å². The van der Waals surface area contributed by atoms with E-state index in [4.69, 9.17) is 4.52 Å². The Balaban J connectivity index is 2.52. The molecule has 0 amide bonds.